The molecule has 94 valence electrons. The summed E-state index contributed by atoms with van der Waals surface area (Å²) in [6.45, 7) is 4.28. The molecule has 1 unspecified atom stereocenters. The molecule has 0 heterocycles. The predicted octanol–water partition coefficient (Wildman–Crippen LogP) is 1.32. The second kappa shape index (κ2) is 9.42. The van der Waals surface area contributed by atoms with Crippen LogP contribution >= 0.6 is 11.6 Å². The molecular formula is C10H18ClNO4. The highest BCUT2D eigenvalue weighted by molar-refractivity contribution is 6.39. The first kappa shape index (κ1) is 15.2. The van der Waals surface area contributed by atoms with Crippen LogP contribution in [0.5, 0.6) is 0 Å². The molecule has 0 spiro atoms. The zero-order valence-corrected chi connectivity index (χ0v) is 10.4. The zero-order valence-electron chi connectivity index (χ0n) is 9.61. The van der Waals surface area contributed by atoms with Crippen molar-refractivity contribution in [2.24, 2.45) is 5.16 Å². The summed E-state index contributed by atoms with van der Waals surface area (Å²) in [7, 11) is 0. The minimum atomic E-state index is -1.16. The van der Waals surface area contributed by atoms with Crippen molar-refractivity contribution in [3.05, 3.63) is 0 Å². The average Bonchev–Trinajstić information content (AvgIpc) is 2.28. The lowest BCUT2D eigenvalue weighted by Crippen LogP contribution is -2.32. The summed E-state index contributed by atoms with van der Waals surface area (Å²) < 4.78 is 4.72. The number of nitrogens with zero attached hydrogens (tertiary/aromatic N) is 1. The number of hydrogen-bond donors (Lipinski definition) is 1. The van der Waals surface area contributed by atoms with Gasteiger partial charge in [0.2, 0.25) is 0 Å². The van der Waals surface area contributed by atoms with E-state index in [1.807, 2.05) is 6.92 Å². The summed E-state index contributed by atoms with van der Waals surface area (Å²) in [6, 6.07) is 0. The highest BCUT2D eigenvalue weighted by Crippen LogP contribution is 1.98. The SMILES string of the molecule is CCCCON=C(C(=O)OCC)C(O)CCl. The summed E-state index contributed by atoms with van der Waals surface area (Å²) in [5.74, 6) is -0.832. The van der Waals surface area contributed by atoms with Crippen molar-refractivity contribution in [2.75, 3.05) is 19.1 Å². The van der Waals surface area contributed by atoms with E-state index in [0.29, 0.717) is 6.61 Å². The Kier molecular flexibility index (Phi) is 8.94. The largest absolute Gasteiger partial charge is 0.461 e. The second-order valence-electron chi connectivity index (χ2n) is 3.05. The Balaban J connectivity index is 4.35. The summed E-state index contributed by atoms with van der Waals surface area (Å²) in [5.41, 5.74) is -0.187. The standard InChI is InChI=1S/C10H18ClNO4/c1-3-5-6-16-12-9(8(13)7-11)10(14)15-4-2/h8,13H,3-7H2,1-2H3. The summed E-state index contributed by atoms with van der Waals surface area (Å²) in [6.07, 6.45) is 0.626. The third-order valence-corrected chi connectivity index (χ3v) is 1.99. The molecule has 0 aliphatic carbocycles. The van der Waals surface area contributed by atoms with E-state index in [2.05, 4.69) is 5.16 Å². The number of alkyl halides is 1. The van der Waals surface area contributed by atoms with Gasteiger partial charge in [-0.3, -0.25) is 0 Å². The number of carbonyl (C=O) groups is 1. The van der Waals surface area contributed by atoms with Crippen molar-refractivity contribution in [2.45, 2.75) is 32.8 Å². The second-order valence-corrected chi connectivity index (χ2v) is 3.36. The highest BCUT2D eigenvalue weighted by atomic mass is 35.5. The molecule has 0 aliphatic heterocycles. The number of hydrogen-bond acceptors (Lipinski definition) is 5. The maximum atomic E-state index is 11.4. The monoisotopic (exact) mass is 251 g/mol. The van der Waals surface area contributed by atoms with Gasteiger partial charge in [-0.2, -0.15) is 0 Å². The molecule has 0 saturated heterocycles. The van der Waals surface area contributed by atoms with Gasteiger partial charge in [0.25, 0.3) is 0 Å². The van der Waals surface area contributed by atoms with Gasteiger partial charge in [-0.15, -0.1) is 11.6 Å². The molecule has 1 N–H and O–H groups in total. The van der Waals surface area contributed by atoms with Crippen LogP contribution in [0.15, 0.2) is 5.16 Å². The van der Waals surface area contributed by atoms with Gasteiger partial charge >= 0.3 is 5.97 Å². The molecule has 0 amide bonds. The Morgan fingerprint density at radius 3 is 2.69 bits per heavy atom. The first-order chi connectivity index (χ1) is 7.67. The van der Waals surface area contributed by atoms with Crippen LogP contribution < -0.4 is 0 Å². The number of rotatable bonds is 8. The normalized spacial score (nSPS) is 13.4. The van der Waals surface area contributed by atoms with Gasteiger partial charge in [0, 0.05) is 0 Å². The number of aliphatic hydroxyl groups is 1. The first-order valence-corrected chi connectivity index (χ1v) is 5.81. The smallest absolute Gasteiger partial charge is 0.358 e. The van der Waals surface area contributed by atoms with Gasteiger partial charge in [0.1, 0.15) is 12.7 Å². The minimum absolute atomic E-state index is 0.130. The van der Waals surface area contributed by atoms with E-state index in [9.17, 15) is 9.90 Å². The summed E-state index contributed by atoms with van der Waals surface area (Å²) in [5, 5.41) is 13.0. The van der Waals surface area contributed by atoms with E-state index < -0.39 is 12.1 Å². The lowest BCUT2D eigenvalue weighted by molar-refractivity contribution is -0.135. The van der Waals surface area contributed by atoms with Gasteiger partial charge < -0.3 is 14.7 Å². The van der Waals surface area contributed by atoms with Crippen molar-refractivity contribution in [1.82, 2.24) is 0 Å². The molecule has 0 aromatic carbocycles. The van der Waals surface area contributed by atoms with Crippen LogP contribution in [0.2, 0.25) is 0 Å². The van der Waals surface area contributed by atoms with Crippen LogP contribution in [-0.2, 0) is 14.4 Å². The Hall–Kier alpha value is -0.810. The first-order valence-electron chi connectivity index (χ1n) is 5.28. The maximum absolute atomic E-state index is 11.4. The van der Waals surface area contributed by atoms with Gasteiger partial charge in [0.15, 0.2) is 5.71 Å². The number of aliphatic hydroxyl groups excluding tert-OH is 1. The van der Waals surface area contributed by atoms with E-state index in [1.165, 1.54) is 0 Å². The van der Waals surface area contributed by atoms with E-state index in [4.69, 9.17) is 21.2 Å². The third-order valence-electron chi connectivity index (χ3n) is 1.70. The van der Waals surface area contributed by atoms with Crippen molar-refractivity contribution < 1.29 is 19.5 Å². The van der Waals surface area contributed by atoms with Crippen molar-refractivity contribution in [1.29, 1.82) is 0 Å². The van der Waals surface area contributed by atoms with E-state index in [-0.39, 0.29) is 18.2 Å². The topological polar surface area (TPSA) is 68.1 Å². The van der Waals surface area contributed by atoms with Crippen LogP contribution in [-0.4, -0.2) is 42.0 Å². The van der Waals surface area contributed by atoms with E-state index >= 15 is 0 Å². The molecule has 16 heavy (non-hydrogen) atoms. The van der Waals surface area contributed by atoms with Crippen LogP contribution in [0.3, 0.4) is 0 Å². The molecule has 5 nitrogen and oxygen atoms in total. The molecular weight excluding hydrogens is 234 g/mol. The maximum Gasteiger partial charge on any atom is 0.358 e. The van der Waals surface area contributed by atoms with Gasteiger partial charge in [-0.25, -0.2) is 4.79 Å². The van der Waals surface area contributed by atoms with E-state index in [0.717, 1.165) is 12.8 Å². The number of esters is 1. The lowest BCUT2D eigenvalue weighted by Gasteiger charge is -2.09. The highest BCUT2D eigenvalue weighted by Gasteiger charge is 2.22. The van der Waals surface area contributed by atoms with Crippen molar-refractivity contribution in [3.63, 3.8) is 0 Å². The lowest BCUT2D eigenvalue weighted by atomic mass is 10.2. The number of oxime groups is 1. The fourth-order valence-electron chi connectivity index (χ4n) is 0.836. The van der Waals surface area contributed by atoms with Crippen LogP contribution in [0.25, 0.3) is 0 Å². The van der Waals surface area contributed by atoms with Gasteiger partial charge in [0.05, 0.1) is 12.5 Å². The minimum Gasteiger partial charge on any atom is -0.461 e. The number of carbonyl (C=O) groups excluding carboxylic acids is 1. The summed E-state index contributed by atoms with van der Waals surface area (Å²) in [4.78, 5) is 16.3. The zero-order chi connectivity index (χ0) is 12.4. The summed E-state index contributed by atoms with van der Waals surface area (Å²) >= 11 is 5.44. The predicted molar refractivity (Wildman–Crippen MR) is 61.7 cm³/mol. The number of unbranched alkanes of at least 4 members (excludes halogenated alkanes) is 1. The molecule has 0 aliphatic rings. The van der Waals surface area contributed by atoms with Crippen molar-refractivity contribution >= 4 is 23.3 Å². The van der Waals surface area contributed by atoms with Crippen LogP contribution in [0, 0.1) is 0 Å². The molecule has 0 saturated carbocycles. The van der Waals surface area contributed by atoms with Crippen molar-refractivity contribution in [3.8, 4) is 0 Å². The fourth-order valence-corrected chi connectivity index (χ4v) is 0.982. The van der Waals surface area contributed by atoms with Crippen LogP contribution in [0.1, 0.15) is 26.7 Å². The number of ether oxygens (including phenoxy) is 1. The molecule has 0 fully saturated rings. The Bertz CT molecular complexity index is 233. The molecule has 1 atom stereocenters. The molecule has 0 bridgehead atoms. The molecule has 0 aromatic rings. The Morgan fingerprint density at radius 1 is 1.50 bits per heavy atom. The molecule has 0 rings (SSSR count). The van der Waals surface area contributed by atoms with Gasteiger partial charge in [-0.1, -0.05) is 18.5 Å². The third kappa shape index (κ3) is 5.92. The van der Waals surface area contributed by atoms with E-state index in [1.54, 1.807) is 6.92 Å². The Morgan fingerprint density at radius 2 is 2.19 bits per heavy atom. The fraction of sp³-hybridized carbons (Fsp3) is 0.800. The quantitative estimate of drug-likeness (QED) is 0.232. The molecule has 0 radical (unpaired) electrons. The molecule has 6 heteroatoms. The Labute approximate surface area is 100 Å². The molecule has 0 aromatic heterocycles. The average molecular weight is 252 g/mol. The van der Waals surface area contributed by atoms with Gasteiger partial charge in [-0.05, 0) is 13.3 Å². The van der Waals surface area contributed by atoms with Crippen LogP contribution in [0.4, 0.5) is 0 Å². The number of halogens is 1.